The van der Waals surface area contributed by atoms with E-state index >= 15 is 0 Å². The van der Waals surface area contributed by atoms with Crippen LogP contribution in [0.15, 0.2) is 54.6 Å². The predicted octanol–water partition coefficient (Wildman–Crippen LogP) is 1.48. The first-order valence-electron chi connectivity index (χ1n) is 8.59. The van der Waals surface area contributed by atoms with Crippen LogP contribution >= 0.6 is 0 Å². The van der Waals surface area contributed by atoms with E-state index in [2.05, 4.69) is 61.5 Å². The van der Waals surface area contributed by atoms with Gasteiger partial charge in [-0.05, 0) is 0 Å². The third kappa shape index (κ3) is 6.44. The molecule has 0 heterocycles. The maximum atomic E-state index is 11.9. The fourth-order valence-electron chi connectivity index (χ4n) is 2.72. The molecule has 0 spiro atoms. The molecule has 3 nitrogen and oxygen atoms in total. The fraction of sp³-hybridized carbons (Fsp3) is 0.381. The molecular formula is C21H26IO3-. The number of carbonyl (C=O) groups excluding carboxylic acids is 1. The van der Waals surface area contributed by atoms with Crippen LogP contribution in [0.3, 0.4) is 0 Å². The molecule has 0 bridgehead atoms. The molecule has 0 radical (unpaired) electrons. The van der Waals surface area contributed by atoms with Crippen molar-refractivity contribution in [1.29, 1.82) is 0 Å². The molecule has 0 saturated carbocycles. The van der Waals surface area contributed by atoms with Crippen LogP contribution in [0.4, 0.5) is 0 Å². The van der Waals surface area contributed by atoms with Crippen molar-refractivity contribution in [3.05, 3.63) is 67.3 Å². The number of halogens is 1. The Bertz CT molecular complexity index is 640. The van der Waals surface area contributed by atoms with Crippen molar-refractivity contribution in [1.82, 2.24) is 0 Å². The molecule has 2 aromatic rings. The number of hydrogen-bond acceptors (Lipinski definition) is 3. The summed E-state index contributed by atoms with van der Waals surface area (Å²) < 4.78 is 12.7. The molecule has 4 heteroatoms. The average molecular weight is 453 g/mol. The van der Waals surface area contributed by atoms with Crippen molar-refractivity contribution in [2.24, 2.45) is 5.92 Å². The summed E-state index contributed by atoms with van der Waals surface area (Å²) in [6.45, 7) is 4.12. The Labute approximate surface area is 161 Å². The second-order valence-electron chi connectivity index (χ2n) is 6.05. The van der Waals surface area contributed by atoms with Crippen LogP contribution in [-0.2, 0) is 14.3 Å². The van der Waals surface area contributed by atoms with Gasteiger partial charge >= 0.3 is 161 Å². The van der Waals surface area contributed by atoms with E-state index in [4.69, 9.17) is 9.47 Å². The van der Waals surface area contributed by atoms with Gasteiger partial charge in [-0.1, -0.05) is 0 Å². The van der Waals surface area contributed by atoms with Gasteiger partial charge in [0, 0.05) is 0 Å². The van der Waals surface area contributed by atoms with Crippen molar-refractivity contribution in [2.75, 3.05) is 13.9 Å². The van der Waals surface area contributed by atoms with Crippen molar-refractivity contribution in [3.8, 4) is 0 Å². The van der Waals surface area contributed by atoms with Gasteiger partial charge < -0.3 is 0 Å². The van der Waals surface area contributed by atoms with Crippen LogP contribution in [0.5, 0.6) is 0 Å². The van der Waals surface area contributed by atoms with Gasteiger partial charge in [-0.15, -0.1) is 0 Å². The second kappa shape index (κ2) is 10.6. The van der Waals surface area contributed by atoms with E-state index < -0.39 is 0 Å². The van der Waals surface area contributed by atoms with Crippen LogP contribution in [0.1, 0.15) is 38.2 Å². The Balaban J connectivity index is 1.97. The van der Waals surface area contributed by atoms with E-state index in [1.54, 1.807) is 0 Å². The Kier molecular flexibility index (Phi) is 8.41. The SMILES string of the molecule is CCC(CC(C)C(=O)OCOC)c1ccc([I-]c2ccccc2)cc1. The van der Waals surface area contributed by atoms with Crippen molar-refractivity contribution < 1.29 is 35.5 Å². The summed E-state index contributed by atoms with van der Waals surface area (Å²) in [5.41, 5.74) is 1.30. The first kappa shape index (κ1) is 19.9. The second-order valence-corrected chi connectivity index (χ2v) is 9.08. The van der Waals surface area contributed by atoms with Gasteiger partial charge in [-0.25, -0.2) is 0 Å². The van der Waals surface area contributed by atoms with Gasteiger partial charge in [0.1, 0.15) is 0 Å². The molecule has 136 valence electrons. The standard InChI is InChI=1S/C21H26IO3/c1-4-17(14-16(2)21(23)25-15-24-3)18-10-12-20(13-11-18)22-19-8-6-5-7-9-19/h5-13,16-17H,4,14-15H2,1-3H3/q-1. The van der Waals surface area contributed by atoms with E-state index in [0.29, 0.717) is 5.92 Å². The monoisotopic (exact) mass is 453 g/mol. The molecule has 0 N–H and O–H groups in total. The van der Waals surface area contributed by atoms with Gasteiger partial charge in [-0.3, -0.25) is 0 Å². The van der Waals surface area contributed by atoms with Gasteiger partial charge in [0.15, 0.2) is 0 Å². The summed E-state index contributed by atoms with van der Waals surface area (Å²) in [5, 5.41) is 0. The number of methoxy groups -OCH3 is 1. The first-order chi connectivity index (χ1) is 12.1. The molecule has 0 aliphatic carbocycles. The number of benzene rings is 2. The summed E-state index contributed by atoms with van der Waals surface area (Å²) in [5.74, 6) is 0.0532. The zero-order valence-corrected chi connectivity index (χ0v) is 17.2. The molecule has 2 unspecified atom stereocenters. The van der Waals surface area contributed by atoms with E-state index in [9.17, 15) is 4.79 Å². The molecule has 0 amide bonds. The molecule has 0 aromatic heterocycles. The number of hydrogen-bond donors (Lipinski definition) is 0. The molecule has 25 heavy (non-hydrogen) atoms. The summed E-state index contributed by atoms with van der Waals surface area (Å²) >= 11 is -0.132. The third-order valence-corrected chi connectivity index (χ3v) is 6.83. The quantitative estimate of drug-likeness (QED) is 0.328. The zero-order chi connectivity index (χ0) is 18.1. The molecule has 0 saturated heterocycles. The zero-order valence-electron chi connectivity index (χ0n) is 15.1. The summed E-state index contributed by atoms with van der Waals surface area (Å²) in [7, 11) is 1.52. The number of rotatable bonds is 9. The normalized spacial score (nSPS) is 13.4. The Morgan fingerprint density at radius 2 is 1.68 bits per heavy atom. The summed E-state index contributed by atoms with van der Waals surface area (Å²) in [4.78, 5) is 11.9. The van der Waals surface area contributed by atoms with Gasteiger partial charge in [0.2, 0.25) is 0 Å². The van der Waals surface area contributed by atoms with Crippen LogP contribution < -0.4 is 21.2 Å². The molecule has 0 aliphatic heterocycles. The summed E-state index contributed by atoms with van der Waals surface area (Å²) in [6.07, 6.45) is 1.81. The molecule has 2 rings (SSSR count). The van der Waals surface area contributed by atoms with Gasteiger partial charge in [0.25, 0.3) is 0 Å². The maximum absolute atomic E-state index is 11.9. The average Bonchev–Trinajstić information content (AvgIpc) is 2.65. The molecule has 0 aliphatic rings. The van der Waals surface area contributed by atoms with Crippen LogP contribution in [0, 0.1) is 13.1 Å². The Morgan fingerprint density at radius 1 is 1.04 bits per heavy atom. The van der Waals surface area contributed by atoms with Crippen molar-refractivity contribution >= 4 is 5.97 Å². The van der Waals surface area contributed by atoms with Crippen LogP contribution in [0.25, 0.3) is 0 Å². The third-order valence-electron chi connectivity index (χ3n) is 4.15. The van der Waals surface area contributed by atoms with E-state index in [0.717, 1.165) is 12.8 Å². The molecule has 2 aromatic carbocycles. The molecule has 0 fully saturated rings. The minimum atomic E-state index is -0.188. The number of carbonyl (C=O) groups is 1. The molecule has 2 atom stereocenters. The van der Waals surface area contributed by atoms with Crippen LogP contribution in [0.2, 0.25) is 0 Å². The Hall–Kier alpha value is -1.40. The van der Waals surface area contributed by atoms with E-state index in [1.807, 2.05) is 6.92 Å². The topological polar surface area (TPSA) is 35.5 Å². The first-order valence-corrected chi connectivity index (χ1v) is 10.7. The fourth-order valence-corrected chi connectivity index (χ4v) is 4.94. The van der Waals surface area contributed by atoms with Crippen molar-refractivity contribution in [3.63, 3.8) is 0 Å². The Morgan fingerprint density at radius 3 is 2.28 bits per heavy atom. The number of ether oxygens (including phenoxy) is 2. The summed E-state index contributed by atoms with van der Waals surface area (Å²) in [6, 6.07) is 19.6. The molecular weight excluding hydrogens is 427 g/mol. The van der Waals surface area contributed by atoms with Gasteiger partial charge in [0.05, 0.1) is 0 Å². The van der Waals surface area contributed by atoms with E-state index in [1.165, 1.54) is 19.8 Å². The number of esters is 1. The predicted molar refractivity (Wildman–Crippen MR) is 95.1 cm³/mol. The van der Waals surface area contributed by atoms with E-state index in [-0.39, 0.29) is 39.9 Å². The van der Waals surface area contributed by atoms with Crippen LogP contribution in [-0.4, -0.2) is 19.9 Å². The van der Waals surface area contributed by atoms with Gasteiger partial charge in [-0.2, -0.15) is 0 Å². The minimum absolute atomic E-state index is 0.0256. The van der Waals surface area contributed by atoms with Crippen molar-refractivity contribution in [2.45, 2.75) is 32.6 Å².